The quantitative estimate of drug-likeness (QED) is 0.793. The van der Waals surface area contributed by atoms with Crippen LogP contribution in [0, 0.1) is 5.82 Å². The molecule has 2 nitrogen and oxygen atoms in total. The number of ether oxygens (including phenoxy) is 1. The van der Waals surface area contributed by atoms with Gasteiger partial charge in [-0.25, -0.2) is 4.39 Å². The van der Waals surface area contributed by atoms with Crippen LogP contribution in [-0.2, 0) is 6.42 Å². The Hall–Kier alpha value is -1.87. The lowest BCUT2D eigenvalue weighted by atomic mass is 10.0. The molecule has 0 radical (unpaired) electrons. The van der Waals surface area contributed by atoms with E-state index in [4.69, 9.17) is 16.3 Å². The van der Waals surface area contributed by atoms with Crippen LogP contribution in [0.2, 0.25) is 5.02 Å². The van der Waals surface area contributed by atoms with Crippen LogP contribution in [-0.4, -0.2) is 12.9 Å². The first-order valence-electron chi connectivity index (χ1n) is 5.71. The van der Waals surface area contributed by atoms with Gasteiger partial charge in [0.25, 0.3) is 0 Å². The zero-order valence-electron chi connectivity index (χ0n) is 10.3. The molecule has 0 spiro atoms. The van der Waals surface area contributed by atoms with Crippen molar-refractivity contribution in [3.63, 3.8) is 0 Å². The molecule has 0 saturated carbocycles. The van der Waals surface area contributed by atoms with E-state index in [9.17, 15) is 9.18 Å². The molecule has 0 aliphatic heterocycles. The third kappa shape index (κ3) is 3.32. The number of carbonyl (C=O) groups excluding carboxylic acids is 1. The fourth-order valence-electron chi connectivity index (χ4n) is 1.71. The summed E-state index contributed by atoms with van der Waals surface area (Å²) in [6, 6.07) is 11.1. The van der Waals surface area contributed by atoms with Gasteiger partial charge in [-0.15, -0.1) is 0 Å². The van der Waals surface area contributed by atoms with E-state index in [1.54, 1.807) is 37.4 Å². The number of ketones is 1. The van der Waals surface area contributed by atoms with E-state index in [0.29, 0.717) is 16.9 Å². The summed E-state index contributed by atoms with van der Waals surface area (Å²) in [5.74, 6) is 0.161. The van der Waals surface area contributed by atoms with Gasteiger partial charge >= 0.3 is 0 Å². The second-order valence-corrected chi connectivity index (χ2v) is 4.48. The molecule has 2 aromatic carbocycles. The van der Waals surface area contributed by atoms with Gasteiger partial charge in [0.05, 0.1) is 12.1 Å². The van der Waals surface area contributed by atoms with E-state index in [-0.39, 0.29) is 17.2 Å². The summed E-state index contributed by atoms with van der Waals surface area (Å²) < 4.78 is 18.0. The standard InChI is InChI=1S/C15H12ClFO2/c1-19-12-5-3-11(4-6-12)15(18)9-10-2-7-14(17)13(16)8-10/h2-8H,9H2,1H3. The van der Waals surface area contributed by atoms with E-state index in [1.807, 2.05) is 0 Å². The average molecular weight is 279 g/mol. The maximum absolute atomic E-state index is 13.0. The first-order chi connectivity index (χ1) is 9.10. The van der Waals surface area contributed by atoms with Crippen LogP contribution in [0.3, 0.4) is 0 Å². The Kier molecular flexibility index (Phi) is 4.17. The Labute approximate surface area is 115 Å². The molecule has 2 aromatic rings. The Bertz CT molecular complexity index is 594. The van der Waals surface area contributed by atoms with E-state index < -0.39 is 5.82 Å². The molecule has 4 heteroatoms. The van der Waals surface area contributed by atoms with Gasteiger partial charge in [-0.2, -0.15) is 0 Å². The number of methoxy groups -OCH3 is 1. The highest BCUT2D eigenvalue weighted by Gasteiger charge is 2.09. The van der Waals surface area contributed by atoms with Crippen molar-refractivity contribution in [3.05, 3.63) is 64.4 Å². The fraction of sp³-hybridized carbons (Fsp3) is 0.133. The molecule has 0 heterocycles. The minimum atomic E-state index is -0.484. The molecule has 0 aliphatic carbocycles. The molecule has 0 amide bonds. The molecular formula is C15H12ClFO2. The van der Waals surface area contributed by atoms with Crippen molar-refractivity contribution in [1.82, 2.24) is 0 Å². The zero-order valence-corrected chi connectivity index (χ0v) is 11.1. The highest BCUT2D eigenvalue weighted by molar-refractivity contribution is 6.30. The largest absolute Gasteiger partial charge is 0.497 e. The molecule has 0 saturated heterocycles. The number of hydrogen-bond donors (Lipinski definition) is 0. The second kappa shape index (κ2) is 5.85. The predicted molar refractivity (Wildman–Crippen MR) is 72.4 cm³/mol. The summed E-state index contributed by atoms with van der Waals surface area (Å²) in [5.41, 5.74) is 1.27. The molecule has 0 aromatic heterocycles. The van der Waals surface area contributed by atoms with Crippen LogP contribution in [0.15, 0.2) is 42.5 Å². The van der Waals surface area contributed by atoms with Crippen LogP contribution in [0.5, 0.6) is 5.75 Å². The summed E-state index contributed by atoms with van der Waals surface area (Å²) in [5, 5.41) is 0.0278. The Morgan fingerprint density at radius 3 is 2.47 bits per heavy atom. The van der Waals surface area contributed by atoms with Gasteiger partial charge in [0.2, 0.25) is 0 Å². The minimum absolute atomic E-state index is 0.0278. The maximum Gasteiger partial charge on any atom is 0.167 e. The monoisotopic (exact) mass is 278 g/mol. The van der Waals surface area contributed by atoms with Crippen LogP contribution in [0.4, 0.5) is 4.39 Å². The fourth-order valence-corrected chi connectivity index (χ4v) is 1.92. The first kappa shape index (κ1) is 13.6. The van der Waals surface area contributed by atoms with Crippen molar-refractivity contribution in [1.29, 1.82) is 0 Å². The Morgan fingerprint density at radius 1 is 1.21 bits per heavy atom. The summed E-state index contributed by atoms with van der Waals surface area (Å²) in [6.45, 7) is 0. The van der Waals surface area contributed by atoms with Crippen molar-refractivity contribution in [2.45, 2.75) is 6.42 Å². The smallest absolute Gasteiger partial charge is 0.167 e. The van der Waals surface area contributed by atoms with Gasteiger partial charge in [0.15, 0.2) is 5.78 Å². The number of benzene rings is 2. The van der Waals surface area contributed by atoms with Gasteiger partial charge < -0.3 is 4.74 Å². The third-order valence-electron chi connectivity index (χ3n) is 2.76. The molecule has 19 heavy (non-hydrogen) atoms. The van der Waals surface area contributed by atoms with E-state index >= 15 is 0 Å². The van der Waals surface area contributed by atoms with Gasteiger partial charge in [0.1, 0.15) is 11.6 Å². The van der Waals surface area contributed by atoms with Crippen molar-refractivity contribution in [2.24, 2.45) is 0 Å². The molecule has 2 rings (SSSR count). The molecule has 98 valence electrons. The number of Topliss-reactive ketones (excluding diaryl/α,β-unsaturated/α-hetero) is 1. The number of hydrogen-bond acceptors (Lipinski definition) is 2. The summed E-state index contributed by atoms with van der Waals surface area (Å²) >= 11 is 5.68. The molecular weight excluding hydrogens is 267 g/mol. The highest BCUT2D eigenvalue weighted by Crippen LogP contribution is 2.18. The Balaban J connectivity index is 2.13. The number of carbonyl (C=O) groups is 1. The van der Waals surface area contributed by atoms with Gasteiger partial charge in [0, 0.05) is 12.0 Å². The molecule has 0 unspecified atom stereocenters. The lowest BCUT2D eigenvalue weighted by Crippen LogP contribution is -2.03. The molecule has 0 bridgehead atoms. The van der Waals surface area contributed by atoms with Gasteiger partial charge in [-0.1, -0.05) is 17.7 Å². The lowest BCUT2D eigenvalue weighted by molar-refractivity contribution is 0.0993. The molecule has 0 N–H and O–H groups in total. The van der Waals surface area contributed by atoms with E-state index in [1.165, 1.54) is 12.1 Å². The first-order valence-corrected chi connectivity index (χ1v) is 6.09. The van der Waals surface area contributed by atoms with Gasteiger partial charge in [-0.05, 0) is 42.0 Å². The van der Waals surface area contributed by atoms with Crippen LogP contribution < -0.4 is 4.74 Å². The third-order valence-corrected chi connectivity index (χ3v) is 3.05. The van der Waals surface area contributed by atoms with Crippen LogP contribution >= 0.6 is 11.6 Å². The SMILES string of the molecule is COc1ccc(C(=O)Cc2ccc(F)c(Cl)c2)cc1. The molecule has 0 aliphatic rings. The maximum atomic E-state index is 13.0. The van der Waals surface area contributed by atoms with E-state index in [0.717, 1.165) is 0 Å². The number of halogens is 2. The number of rotatable bonds is 4. The Morgan fingerprint density at radius 2 is 1.89 bits per heavy atom. The predicted octanol–water partition coefficient (Wildman–Crippen LogP) is 3.91. The van der Waals surface area contributed by atoms with Crippen LogP contribution in [0.25, 0.3) is 0 Å². The second-order valence-electron chi connectivity index (χ2n) is 4.08. The van der Waals surface area contributed by atoms with Crippen molar-refractivity contribution < 1.29 is 13.9 Å². The van der Waals surface area contributed by atoms with Crippen molar-refractivity contribution >= 4 is 17.4 Å². The minimum Gasteiger partial charge on any atom is -0.497 e. The lowest BCUT2D eigenvalue weighted by Gasteiger charge is -2.04. The highest BCUT2D eigenvalue weighted by atomic mass is 35.5. The summed E-state index contributed by atoms with van der Waals surface area (Å²) in [6.07, 6.45) is 0.187. The molecule has 0 fully saturated rings. The normalized spacial score (nSPS) is 10.3. The zero-order chi connectivity index (χ0) is 13.8. The average Bonchev–Trinajstić information content (AvgIpc) is 2.43. The topological polar surface area (TPSA) is 26.3 Å². The summed E-state index contributed by atoms with van der Waals surface area (Å²) in [7, 11) is 1.57. The van der Waals surface area contributed by atoms with Crippen molar-refractivity contribution in [3.8, 4) is 5.75 Å². The van der Waals surface area contributed by atoms with E-state index in [2.05, 4.69) is 0 Å². The summed E-state index contributed by atoms with van der Waals surface area (Å²) in [4.78, 5) is 12.0. The van der Waals surface area contributed by atoms with Crippen molar-refractivity contribution in [2.75, 3.05) is 7.11 Å². The van der Waals surface area contributed by atoms with Crippen LogP contribution in [0.1, 0.15) is 15.9 Å². The van der Waals surface area contributed by atoms with Gasteiger partial charge in [-0.3, -0.25) is 4.79 Å². The molecule has 0 atom stereocenters.